The summed E-state index contributed by atoms with van der Waals surface area (Å²) in [7, 11) is 0. The van der Waals surface area contributed by atoms with Crippen molar-refractivity contribution in [3.05, 3.63) is 45.8 Å². The van der Waals surface area contributed by atoms with Gasteiger partial charge in [-0.25, -0.2) is 9.18 Å². The van der Waals surface area contributed by atoms with Crippen LogP contribution in [0.25, 0.3) is 0 Å². The number of hydrogen-bond acceptors (Lipinski definition) is 4. The number of aromatic carboxylic acids is 1. The number of halogens is 2. The van der Waals surface area contributed by atoms with Crippen LogP contribution in [0.3, 0.4) is 0 Å². The molecule has 7 heteroatoms. The van der Waals surface area contributed by atoms with Gasteiger partial charge in [-0.15, -0.1) is 10.2 Å². The molecule has 0 radical (unpaired) electrons. The summed E-state index contributed by atoms with van der Waals surface area (Å²) in [5, 5.41) is 18.9. The molecule has 2 N–H and O–H groups in total. The zero-order valence-corrected chi connectivity index (χ0v) is 11.4. The number of carbonyl (C=O) groups is 1. The minimum Gasteiger partial charge on any atom is -0.476 e. The van der Waals surface area contributed by atoms with Crippen LogP contribution in [0.15, 0.2) is 28.7 Å². The molecule has 0 aliphatic heterocycles. The second-order valence-electron chi connectivity index (χ2n) is 3.82. The molecular formula is C12H9BrFN3O2. The van der Waals surface area contributed by atoms with Crippen LogP contribution in [-0.2, 0) is 0 Å². The van der Waals surface area contributed by atoms with Gasteiger partial charge in [-0.05, 0) is 52.7 Å². The fraction of sp³-hybridized carbons (Fsp3) is 0.0833. The number of aromatic nitrogens is 2. The van der Waals surface area contributed by atoms with Crippen LogP contribution >= 0.6 is 15.9 Å². The van der Waals surface area contributed by atoms with Crippen molar-refractivity contribution < 1.29 is 14.3 Å². The minimum absolute atomic E-state index is 0.137. The lowest BCUT2D eigenvalue weighted by Gasteiger charge is -2.09. The van der Waals surface area contributed by atoms with Crippen molar-refractivity contribution in [1.82, 2.24) is 10.2 Å². The zero-order valence-electron chi connectivity index (χ0n) is 9.82. The Labute approximate surface area is 116 Å². The monoisotopic (exact) mass is 325 g/mol. The number of carboxylic acid groups (broad SMARTS) is 1. The standard InChI is InChI=1S/C12H9BrFN3O2/c1-6-4-8(14)7(13)5-10(6)15-11-3-2-9(12(18)19)16-17-11/h2-5H,1H3,(H,15,17)(H,18,19). The molecule has 0 fully saturated rings. The van der Waals surface area contributed by atoms with Crippen LogP contribution < -0.4 is 5.32 Å². The second-order valence-corrected chi connectivity index (χ2v) is 4.67. The van der Waals surface area contributed by atoms with Crippen molar-refractivity contribution in [3.8, 4) is 0 Å². The summed E-state index contributed by atoms with van der Waals surface area (Å²) in [4.78, 5) is 10.6. The van der Waals surface area contributed by atoms with Gasteiger partial charge in [0.1, 0.15) is 5.82 Å². The molecule has 0 saturated carbocycles. The summed E-state index contributed by atoms with van der Waals surface area (Å²) < 4.78 is 13.6. The molecule has 0 spiro atoms. The van der Waals surface area contributed by atoms with Gasteiger partial charge in [-0.2, -0.15) is 0 Å². The van der Waals surface area contributed by atoms with Gasteiger partial charge in [0, 0.05) is 5.69 Å². The molecule has 98 valence electrons. The van der Waals surface area contributed by atoms with E-state index in [1.807, 2.05) is 0 Å². The molecule has 2 aromatic rings. The molecule has 19 heavy (non-hydrogen) atoms. The Balaban J connectivity index is 2.26. The van der Waals surface area contributed by atoms with E-state index in [0.29, 0.717) is 21.5 Å². The minimum atomic E-state index is -1.14. The van der Waals surface area contributed by atoms with Crippen molar-refractivity contribution in [3.63, 3.8) is 0 Å². The van der Waals surface area contributed by atoms with E-state index in [2.05, 4.69) is 31.4 Å². The Kier molecular flexibility index (Phi) is 3.75. The number of nitrogens with one attached hydrogen (secondary N) is 1. The lowest BCUT2D eigenvalue weighted by atomic mass is 10.2. The first-order valence-corrected chi connectivity index (χ1v) is 6.06. The summed E-state index contributed by atoms with van der Waals surface area (Å²) in [6.07, 6.45) is 0. The Morgan fingerprint density at radius 2 is 2.11 bits per heavy atom. The lowest BCUT2D eigenvalue weighted by molar-refractivity contribution is 0.0689. The molecule has 0 unspecified atom stereocenters. The normalized spacial score (nSPS) is 10.3. The van der Waals surface area contributed by atoms with Gasteiger partial charge in [-0.1, -0.05) is 0 Å². The first kappa shape index (κ1) is 13.4. The molecule has 0 bridgehead atoms. The highest BCUT2D eigenvalue weighted by Crippen LogP contribution is 2.26. The number of nitrogens with zero attached hydrogens (tertiary/aromatic N) is 2. The number of hydrogen-bond donors (Lipinski definition) is 2. The third-order valence-electron chi connectivity index (χ3n) is 2.41. The van der Waals surface area contributed by atoms with Gasteiger partial charge in [0.25, 0.3) is 0 Å². The molecule has 1 heterocycles. The van der Waals surface area contributed by atoms with Crippen LogP contribution in [0.5, 0.6) is 0 Å². The van der Waals surface area contributed by atoms with E-state index in [4.69, 9.17) is 5.11 Å². The fourth-order valence-electron chi connectivity index (χ4n) is 1.43. The first-order chi connectivity index (χ1) is 8.97. The molecule has 2 rings (SSSR count). The molecule has 0 aliphatic rings. The molecule has 0 amide bonds. The van der Waals surface area contributed by atoms with Gasteiger partial charge in [0.15, 0.2) is 11.5 Å². The average molecular weight is 326 g/mol. The predicted octanol–water partition coefficient (Wildman–Crippen LogP) is 3.13. The van der Waals surface area contributed by atoms with E-state index in [9.17, 15) is 9.18 Å². The second kappa shape index (κ2) is 5.31. The van der Waals surface area contributed by atoms with Crippen LogP contribution in [0, 0.1) is 12.7 Å². The van der Waals surface area contributed by atoms with E-state index in [1.54, 1.807) is 13.0 Å². The van der Waals surface area contributed by atoms with Gasteiger partial charge < -0.3 is 10.4 Å². The van der Waals surface area contributed by atoms with Crippen LogP contribution in [0.4, 0.5) is 15.9 Å². The molecule has 1 aromatic carbocycles. The number of aryl methyl sites for hydroxylation is 1. The van der Waals surface area contributed by atoms with Crippen molar-refractivity contribution in [1.29, 1.82) is 0 Å². The van der Waals surface area contributed by atoms with Gasteiger partial charge >= 0.3 is 5.97 Å². The number of benzene rings is 1. The summed E-state index contributed by atoms with van der Waals surface area (Å²) in [6, 6.07) is 5.79. The zero-order chi connectivity index (χ0) is 14.0. The summed E-state index contributed by atoms with van der Waals surface area (Å²) in [5.41, 5.74) is 1.22. The Morgan fingerprint density at radius 1 is 1.37 bits per heavy atom. The summed E-state index contributed by atoms with van der Waals surface area (Å²) >= 11 is 3.10. The highest BCUT2D eigenvalue weighted by molar-refractivity contribution is 9.10. The maximum Gasteiger partial charge on any atom is 0.356 e. The first-order valence-electron chi connectivity index (χ1n) is 5.27. The van der Waals surface area contributed by atoms with Gasteiger partial charge in [-0.3, -0.25) is 0 Å². The number of carboxylic acids is 1. The van der Waals surface area contributed by atoms with E-state index in [1.165, 1.54) is 18.2 Å². The van der Waals surface area contributed by atoms with Crippen molar-refractivity contribution in [2.75, 3.05) is 5.32 Å². The Hall–Kier alpha value is -2.02. The largest absolute Gasteiger partial charge is 0.476 e. The smallest absolute Gasteiger partial charge is 0.356 e. The average Bonchev–Trinajstić information content (AvgIpc) is 2.36. The fourth-order valence-corrected chi connectivity index (χ4v) is 1.78. The molecule has 0 saturated heterocycles. The molecular weight excluding hydrogens is 317 g/mol. The van der Waals surface area contributed by atoms with E-state index >= 15 is 0 Å². The van der Waals surface area contributed by atoms with Gasteiger partial charge in [0.05, 0.1) is 4.47 Å². The molecule has 1 aromatic heterocycles. The van der Waals surface area contributed by atoms with E-state index < -0.39 is 5.97 Å². The van der Waals surface area contributed by atoms with Crippen molar-refractivity contribution >= 4 is 33.4 Å². The molecule has 5 nitrogen and oxygen atoms in total. The van der Waals surface area contributed by atoms with E-state index in [0.717, 1.165) is 0 Å². The summed E-state index contributed by atoms with van der Waals surface area (Å²) in [5.74, 6) is -1.11. The third-order valence-corrected chi connectivity index (χ3v) is 3.02. The maximum absolute atomic E-state index is 13.3. The van der Waals surface area contributed by atoms with Gasteiger partial charge in [0.2, 0.25) is 0 Å². The Bertz CT molecular complexity index is 632. The highest BCUT2D eigenvalue weighted by atomic mass is 79.9. The van der Waals surface area contributed by atoms with Crippen molar-refractivity contribution in [2.45, 2.75) is 6.92 Å². The molecule has 0 aliphatic carbocycles. The summed E-state index contributed by atoms with van der Waals surface area (Å²) in [6.45, 7) is 1.75. The lowest BCUT2D eigenvalue weighted by Crippen LogP contribution is -2.04. The number of rotatable bonds is 3. The topological polar surface area (TPSA) is 75.1 Å². The quantitative estimate of drug-likeness (QED) is 0.906. The highest BCUT2D eigenvalue weighted by Gasteiger charge is 2.08. The maximum atomic E-state index is 13.3. The third kappa shape index (κ3) is 3.05. The SMILES string of the molecule is Cc1cc(F)c(Br)cc1Nc1ccc(C(=O)O)nn1. The predicted molar refractivity (Wildman–Crippen MR) is 71.1 cm³/mol. The molecule has 0 atom stereocenters. The number of anilines is 2. The van der Waals surface area contributed by atoms with Crippen LogP contribution in [0.2, 0.25) is 0 Å². The van der Waals surface area contributed by atoms with Crippen LogP contribution in [-0.4, -0.2) is 21.3 Å². The van der Waals surface area contributed by atoms with Crippen LogP contribution in [0.1, 0.15) is 16.1 Å². The van der Waals surface area contributed by atoms with E-state index in [-0.39, 0.29) is 11.5 Å². The van der Waals surface area contributed by atoms with Crippen molar-refractivity contribution in [2.24, 2.45) is 0 Å². The Morgan fingerprint density at radius 3 is 2.68 bits per heavy atom.